The normalized spacial score (nSPS) is 25.9. The molecule has 3 heterocycles. The largest absolute Gasteiger partial charge is 0.491 e. The third kappa shape index (κ3) is 2.29. The number of hydrogen-bond acceptors (Lipinski definition) is 6. The Hall–Kier alpha value is -2.35. The number of pyridine rings is 1. The smallest absolute Gasteiger partial charge is 0.343 e. The first-order valence-electron chi connectivity index (χ1n) is 7.33. The Morgan fingerprint density at radius 3 is 2.78 bits per heavy atom. The minimum atomic E-state index is -0.758. The fourth-order valence-electron chi connectivity index (χ4n) is 3.25. The number of aromatic nitrogens is 1. The second kappa shape index (κ2) is 5.69. The Morgan fingerprint density at radius 1 is 1.39 bits per heavy atom. The van der Waals surface area contributed by atoms with Gasteiger partial charge in [0.05, 0.1) is 32.4 Å². The zero-order valence-electron chi connectivity index (χ0n) is 13.1. The number of amides is 1. The molecule has 8 nitrogen and oxygen atoms in total. The summed E-state index contributed by atoms with van der Waals surface area (Å²) >= 11 is 0. The van der Waals surface area contributed by atoms with Crippen LogP contribution in [0.5, 0.6) is 5.75 Å². The molecule has 1 amide bonds. The maximum atomic E-state index is 12.4. The van der Waals surface area contributed by atoms with Crippen LogP contribution in [-0.2, 0) is 9.47 Å². The number of methoxy groups -OCH3 is 2. The quantitative estimate of drug-likeness (QED) is 0.776. The van der Waals surface area contributed by atoms with Crippen molar-refractivity contribution in [1.82, 2.24) is 9.88 Å². The van der Waals surface area contributed by atoms with Crippen molar-refractivity contribution in [2.45, 2.75) is 31.5 Å². The molecule has 0 aliphatic carbocycles. The van der Waals surface area contributed by atoms with Gasteiger partial charge < -0.3 is 24.1 Å². The first-order valence-corrected chi connectivity index (χ1v) is 7.33. The van der Waals surface area contributed by atoms with E-state index < -0.39 is 17.3 Å². The van der Waals surface area contributed by atoms with Gasteiger partial charge in [-0.25, -0.2) is 4.79 Å². The number of hydrogen-bond donors (Lipinski definition) is 1. The van der Waals surface area contributed by atoms with Gasteiger partial charge in [-0.1, -0.05) is 0 Å². The Labute approximate surface area is 132 Å². The molecule has 8 heteroatoms. The van der Waals surface area contributed by atoms with Gasteiger partial charge in [-0.2, -0.15) is 0 Å². The lowest BCUT2D eigenvalue weighted by Crippen LogP contribution is -2.56. The standard InChI is InChI=1S/C15H18N2O6/c1-7-10-9(4-5-23-7)17-6-8(15(20)22-3)12(18)13(21-2)11(17)14(19)16-10/h6-7,9-10H,4-5H2,1-3H3,(H,16,19)/t7-,9?,10?/m0/s1. The Bertz CT molecular complexity index is 725. The molecule has 0 radical (unpaired) electrons. The molecule has 0 saturated carbocycles. The first kappa shape index (κ1) is 15.5. The van der Waals surface area contributed by atoms with Crippen LogP contribution in [0.2, 0.25) is 0 Å². The SMILES string of the molecule is COC(=O)c1cn2c(c(OC)c1=O)C(=O)NC1C2CCO[C@H]1C. The molecule has 2 aliphatic rings. The zero-order chi connectivity index (χ0) is 16.7. The van der Waals surface area contributed by atoms with Crippen molar-refractivity contribution in [3.8, 4) is 5.75 Å². The average Bonchev–Trinajstić information content (AvgIpc) is 2.55. The molecule has 1 aromatic rings. The predicted molar refractivity (Wildman–Crippen MR) is 78.9 cm³/mol. The molecular weight excluding hydrogens is 304 g/mol. The molecule has 2 unspecified atom stereocenters. The summed E-state index contributed by atoms with van der Waals surface area (Å²) in [4.78, 5) is 36.7. The van der Waals surface area contributed by atoms with Crippen molar-refractivity contribution < 1.29 is 23.8 Å². The third-order valence-electron chi connectivity index (χ3n) is 4.39. The average molecular weight is 322 g/mol. The summed E-state index contributed by atoms with van der Waals surface area (Å²) in [6.07, 6.45) is 1.87. The number of nitrogens with one attached hydrogen (secondary N) is 1. The minimum absolute atomic E-state index is 0.121. The summed E-state index contributed by atoms with van der Waals surface area (Å²) in [5.74, 6) is -1.33. The van der Waals surface area contributed by atoms with Gasteiger partial charge in [-0.05, 0) is 13.3 Å². The molecule has 3 atom stereocenters. The third-order valence-corrected chi connectivity index (χ3v) is 4.39. The van der Waals surface area contributed by atoms with E-state index in [0.717, 1.165) is 0 Å². The highest BCUT2D eigenvalue weighted by atomic mass is 16.5. The summed E-state index contributed by atoms with van der Waals surface area (Å²) in [6, 6.07) is -0.356. The van der Waals surface area contributed by atoms with E-state index in [0.29, 0.717) is 13.0 Å². The van der Waals surface area contributed by atoms with E-state index >= 15 is 0 Å². The number of fused-ring (bicyclic) bond motifs is 3. The van der Waals surface area contributed by atoms with Gasteiger partial charge >= 0.3 is 5.97 Å². The number of rotatable bonds is 2. The van der Waals surface area contributed by atoms with Crippen LogP contribution in [0.25, 0.3) is 0 Å². The molecule has 1 saturated heterocycles. The molecule has 0 aromatic carbocycles. The highest BCUT2D eigenvalue weighted by molar-refractivity contribution is 5.98. The summed E-state index contributed by atoms with van der Waals surface area (Å²) in [6.45, 7) is 2.41. The summed E-state index contributed by atoms with van der Waals surface area (Å²) in [5.41, 5.74) is -0.680. The van der Waals surface area contributed by atoms with E-state index in [4.69, 9.17) is 9.47 Å². The lowest BCUT2D eigenvalue weighted by Gasteiger charge is -2.42. The van der Waals surface area contributed by atoms with Crippen molar-refractivity contribution in [3.05, 3.63) is 27.7 Å². The Kier molecular flexibility index (Phi) is 3.85. The number of esters is 1. The van der Waals surface area contributed by atoms with Gasteiger partial charge in [-0.15, -0.1) is 0 Å². The molecule has 0 spiro atoms. The number of nitrogens with zero attached hydrogens (tertiary/aromatic N) is 1. The molecular formula is C15H18N2O6. The van der Waals surface area contributed by atoms with Gasteiger partial charge in [0.25, 0.3) is 5.91 Å². The molecule has 1 fully saturated rings. The van der Waals surface area contributed by atoms with E-state index in [-0.39, 0.29) is 35.2 Å². The van der Waals surface area contributed by atoms with Gasteiger partial charge in [0, 0.05) is 12.8 Å². The van der Waals surface area contributed by atoms with Crippen LogP contribution in [0.1, 0.15) is 40.2 Å². The second-order valence-corrected chi connectivity index (χ2v) is 5.58. The number of carbonyl (C=O) groups excluding carboxylic acids is 2. The lowest BCUT2D eigenvalue weighted by atomic mass is 9.93. The molecule has 1 aromatic heterocycles. The van der Waals surface area contributed by atoms with Crippen LogP contribution in [0.3, 0.4) is 0 Å². The van der Waals surface area contributed by atoms with Gasteiger partial charge in [0.1, 0.15) is 5.56 Å². The number of ether oxygens (including phenoxy) is 3. The first-order chi connectivity index (χ1) is 11.0. The van der Waals surface area contributed by atoms with Gasteiger partial charge in [-0.3, -0.25) is 9.59 Å². The van der Waals surface area contributed by atoms with Crippen LogP contribution in [0.15, 0.2) is 11.0 Å². The van der Waals surface area contributed by atoms with Crippen LogP contribution >= 0.6 is 0 Å². The van der Waals surface area contributed by atoms with Crippen LogP contribution in [0, 0.1) is 0 Å². The summed E-state index contributed by atoms with van der Waals surface area (Å²) in [5, 5.41) is 2.87. The Balaban J connectivity index is 2.24. The van der Waals surface area contributed by atoms with Gasteiger partial charge in [0.15, 0.2) is 11.4 Å². The number of carbonyl (C=O) groups is 2. The summed E-state index contributed by atoms with van der Waals surface area (Å²) < 4.78 is 17.0. The fraction of sp³-hybridized carbons (Fsp3) is 0.533. The minimum Gasteiger partial charge on any atom is -0.491 e. The fourth-order valence-corrected chi connectivity index (χ4v) is 3.25. The van der Waals surface area contributed by atoms with Crippen LogP contribution in [0.4, 0.5) is 0 Å². The molecule has 23 heavy (non-hydrogen) atoms. The zero-order valence-corrected chi connectivity index (χ0v) is 13.1. The maximum absolute atomic E-state index is 12.4. The predicted octanol–water partition coefficient (Wildman–Crippen LogP) is 0.105. The Morgan fingerprint density at radius 2 is 2.13 bits per heavy atom. The monoisotopic (exact) mass is 322 g/mol. The van der Waals surface area contributed by atoms with Crippen molar-refractivity contribution in [1.29, 1.82) is 0 Å². The van der Waals surface area contributed by atoms with E-state index in [1.807, 2.05) is 6.92 Å². The molecule has 0 bridgehead atoms. The molecule has 2 aliphatic heterocycles. The van der Waals surface area contributed by atoms with Crippen molar-refractivity contribution in [2.75, 3.05) is 20.8 Å². The van der Waals surface area contributed by atoms with E-state index in [9.17, 15) is 14.4 Å². The van der Waals surface area contributed by atoms with Crippen molar-refractivity contribution in [2.24, 2.45) is 0 Å². The van der Waals surface area contributed by atoms with Gasteiger partial charge in [0.2, 0.25) is 5.43 Å². The van der Waals surface area contributed by atoms with Crippen LogP contribution < -0.4 is 15.5 Å². The summed E-state index contributed by atoms with van der Waals surface area (Å²) in [7, 11) is 2.50. The highest BCUT2D eigenvalue weighted by Gasteiger charge is 2.41. The molecule has 124 valence electrons. The van der Waals surface area contributed by atoms with E-state index in [2.05, 4.69) is 10.1 Å². The second-order valence-electron chi connectivity index (χ2n) is 5.58. The van der Waals surface area contributed by atoms with Crippen molar-refractivity contribution in [3.63, 3.8) is 0 Å². The van der Waals surface area contributed by atoms with Crippen LogP contribution in [-0.4, -0.2) is 49.4 Å². The maximum Gasteiger partial charge on any atom is 0.343 e. The topological polar surface area (TPSA) is 95.9 Å². The van der Waals surface area contributed by atoms with E-state index in [1.165, 1.54) is 20.4 Å². The van der Waals surface area contributed by atoms with Crippen molar-refractivity contribution >= 4 is 11.9 Å². The molecule has 3 rings (SSSR count). The lowest BCUT2D eigenvalue weighted by molar-refractivity contribution is -0.0257. The molecule has 1 N–H and O–H groups in total. The highest BCUT2D eigenvalue weighted by Crippen LogP contribution is 2.33. The van der Waals surface area contributed by atoms with E-state index in [1.54, 1.807) is 4.57 Å².